The molecule has 6 nitrogen and oxygen atoms in total. The largest absolute Gasteiger partial charge is 0.385 e. The molecule has 1 N–H and O–H groups in total. The third-order valence-corrected chi connectivity index (χ3v) is 4.47. The number of piperazine rings is 1. The summed E-state index contributed by atoms with van der Waals surface area (Å²) in [5.74, 6) is 0.0362. The standard InChI is InChI=1S/C17H20ClN3O3/c1-11(22)16-14(17(23)21-9-7-20(2)8-10-21)15(19-24-16)12-3-5-13(18)6-4-12/h3-6,11,22H,7-10H2,1-2H3/t11-/m0/s1. The fourth-order valence-electron chi connectivity index (χ4n) is 2.77. The van der Waals surface area contributed by atoms with Crippen LogP contribution in [0, 0.1) is 0 Å². The molecule has 1 aromatic heterocycles. The molecule has 3 rings (SSSR count). The van der Waals surface area contributed by atoms with Gasteiger partial charge in [-0.3, -0.25) is 4.79 Å². The summed E-state index contributed by atoms with van der Waals surface area (Å²) in [7, 11) is 2.03. The van der Waals surface area contributed by atoms with Crippen molar-refractivity contribution in [3.8, 4) is 11.3 Å². The minimum atomic E-state index is -0.912. The maximum absolute atomic E-state index is 13.0. The fraction of sp³-hybridized carbons (Fsp3) is 0.412. The molecule has 0 bridgehead atoms. The molecule has 24 heavy (non-hydrogen) atoms. The molecule has 2 aromatic rings. The van der Waals surface area contributed by atoms with E-state index in [4.69, 9.17) is 16.1 Å². The van der Waals surface area contributed by atoms with Crippen LogP contribution in [-0.2, 0) is 0 Å². The number of rotatable bonds is 3. The van der Waals surface area contributed by atoms with Crippen LogP contribution >= 0.6 is 11.6 Å². The zero-order valence-corrected chi connectivity index (χ0v) is 14.5. The summed E-state index contributed by atoms with van der Waals surface area (Å²) in [6.45, 7) is 4.47. The highest BCUT2D eigenvalue weighted by molar-refractivity contribution is 6.30. The van der Waals surface area contributed by atoms with Crippen LogP contribution in [0.2, 0.25) is 5.02 Å². The number of aliphatic hydroxyl groups excluding tert-OH is 1. The quantitative estimate of drug-likeness (QED) is 0.921. The number of amides is 1. The summed E-state index contributed by atoms with van der Waals surface area (Å²) < 4.78 is 5.28. The third-order valence-electron chi connectivity index (χ3n) is 4.22. The number of halogens is 1. The first-order chi connectivity index (χ1) is 11.5. The maximum atomic E-state index is 13.0. The van der Waals surface area contributed by atoms with Gasteiger partial charge < -0.3 is 19.4 Å². The van der Waals surface area contributed by atoms with Crippen molar-refractivity contribution in [3.63, 3.8) is 0 Å². The SMILES string of the molecule is C[C@H](O)c1onc(-c2ccc(Cl)cc2)c1C(=O)N1CCN(C)CC1. The Balaban J connectivity index is 1.99. The highest BCUT2D eigenvalue weighted by Gasteiger charge is 2.31. The zero-order chi connectivity index (χ0) is 17.3. The number of nitrogens with zero attached hydrogens (tertiary/aromatic N) is 3. The lowest BCUT2D eigenvalue weighted by molar-refractivity contribution is 0.0654. The number of aliphatic hydroxyl groups is 1. The molecule has 0 unspecified atom stereocenters. The summed E-state index contributed by atoms with van der Waals surface area (Å²) in [5, 5.41) is 14.6. The number of carbonyl (C=O) groups is 1. The lowest BCUT2D eigenvalue weighted by Gasteiger charge is -2.32. The van der Waals surface area contributed by atoms with Crippen molar-refractivity contribution in [2.24, 2.45) is 0 Å². The van der Waals surface area contributed by atoms with Gasteiger partial charge in [-0.05, 0) is 26.1 Å². The first kappa shape index (κ1) is 17.0. The Labute approximate surface area is 145 Å². The highest BCUT2D eigenvalue weighted by Crippen LogP contribution is 2.31. The van der Waals surface area contributed by atoms with Crippen LogP contribution in [-0.4, -0.2) is 59.2 Å². The Kier molecular flexibility index (Phi) is 4.89. The predicted octanol–water partition coefficient (Wildman–Crippen LogP) is 2.44. The van der Waals surface area contributed by atoms with Crippen molar-refractivity contribution in [2.45, 2.75) is 13.0 Å². The van der Waals surface area contributed by atoms with Gasteiger partial charge in [0.15, 0.2) is 5.76 Å². The Morgan fingerprint density at radius 1 is 1.25 bits per heavy atom. The molecule has 1 aromatic carbocycles. The molecule has 1 atom stereocenters. The summed E-state index contributed by atoms with van der Waals surface area (Å²) in [6.07, 6.45) is -0.912. The van der Waals surface area contributed by atoms with Gasteiger partial charge in [-0.2, -0.15) is 0 Å². The topological polar surface area (TPSA) is 69.8 Å². The van der Waals surface area contributed by atoms with Crippen molar-refractivity contribution in [3.05, 3.63) is 40.6 Å². The van der Waals surface area contributed by atoms with Crippen molar-refractivity contribution in [1.29, 1.82) is 0 Å². The minimum Gasteiger partial charge on any atom is -0.385 e. The molecule has 1 aliphatic heterocycles. The van der Waals surface area contributed by atoms with E-state index in [1.165, 1.54) is 0 Å². The van der Waals surface area contributed by atoms with Gasteiger partial charge in [0.1, 0.15) is 17.4 Å². The molecular weight excluding hydrogens is 330 g/mol. The van der Waals surface area contributed by atoms with Crippen molar-refractivity contribution in [2.75, 3.05) is 33.2 Å². The average molecular weight is 350 g/mol. The first-order valence-corrected chi connectivity index (χ1v) is 8.26. The van der Waals surface area contributed by atoms with Crippen LogP contribution in [0.5, 0.6) is 0 Å². The van der Waals surface area contributed by atoms with Crippen LogP contribution in [0.15, 0.2) is 28.8 Å². The molecule has 7 heteroatoms. The summed E-state index contributed by atoms with van der Waals surface area (Å²) in [6, 6.07) is 7.04. The molecule has 1 saturated heterocycles. The molecule has 0 radical (unpaired) electrons. The van der Waals surface area contributed by atoms with Crippen LogP contribution < -0.4 is 0 Å². The number of benzene rings is 1. The van der Waals surface area contributed by atoms with Crippen molar-refractivity contribution < 1.29 is 14.4 Å². The van der Waals surface area contributed by atoms with Crippen LogP contribution in [0.1, 0.15) is 29.1 Å². The maximum Gasteiger partial charge on any atom is 0.259 e. The predicted molar refractivity (Wildman–Crippen MR) is 91.0 cm³/mol. The van der Waals surface area contributed by atoms with Gasteiger partial charge in [0, 0.05) is 36.8 Å². The normalized spacial score (nSPS) is 17.1. The van der Waals surface area contributed by atoms with Crippen molar-refractivity contribution >= 4 is 17.5 Å². The van der Waals surface area contributed by atoms with E-state index in [-0.39, 0.29) is 11.7 Å². The lowest BCUT2D eigenvalue weighted by atomic mass is 10.0. The van der Waals surface area contributed by atoms with Gasteiger partial charge in [-0.1, -0.05) is 28.9 Å². The lowest BCUT2D eigenvalue weighted by Crippen LogP contribution is -2.47. The molecular formula is C17H20ClN3O3. The molecule has 0 saturated carbocycles. The minimum absolute atomic E-state index is 0.162. The van der Waals surface area contributed by atoms with E-state index < -0.39 is 6.10 Å². The second-order valence-electron chi connectivity index (χ2n) is 6.05. The van der Waals surface area contributed by atoms with E-state index in [0.29, 0.717) is 29.4 Å². The summed E-state index contributed by atoms with van der Waals surface area (Å²) in [5.41, 5.74) is 1.50. The van der Waals surface area contributed by atoms with E-state index in [1.807, 2.05) is 7.05 Å². The number of carbonyl (C=O) groups excluding carboxylic acids is 1. The first-order valence-electron chi connectivity index (χ1n) is 7.88. The van der Waals surface area contributed by atoms with Gasteiger partial charge in [0.05, 0.1) is 0 Å². The van der Waals surface area contributed by atoms with Gasteiger partial charge >= 0.3 is 0 Å². The number of likely N-dealkylation sites (N-methyl/N-ethyl adjacent to an activating group) is 1. The van der Waals surface area contributed by atoms with Gasteiger partial charge in [-0.25, -0.2) is 0 Å². The smallest absolute Gasteiger partial charge is 0.259 e. The Hall–Kier alpha value is -1.89. The van der Waals surface area contributed by atoms with Gasteiger partial charge in [0.2, 0.25) is 0 Å². The summed E-state index contributed by atoms with van der Waals surface area (Å²) in [4.78, 5) is 17.0. The Morgan fingerprint density at radius 2 is 1.88 bits per heavy atom. The van der Waals surface area contributed by atoms with E-state index in [0.717, 1.165) is 18.7 Å². The van der Waals surface area contributed by atoms with E-state index in [9.17, 15) is 9.90 Å². The van der Waals surface area contributed by atoms with Crippen LogP contribution in [0.3, 0.4) is 0 Å². The molecule has 1 fully saturated rings. The second-order valence-corrected chi connectivity index (χ2v) is 6.49. The zero-order valence-electron chi connectivity index (χ0n) is 13.7. The van der Waals surface area contributed by atoms with Crippen LogP contribution in [0.4, 0.5) is 0 Å². The monoisotopic (exact) mass is 349 g/mol. The van der Waals surface area contributed by atoms with E-state index in [1.54, 1.807) is 36.1 Å². The van der Waals surface area contributed by atoms with E-state index in [2.05, 4.69) is 10.1 Å². The Bertz CT molecular complexity index is 719. The van der Waals surface area contributed by atoms with Gasteiger partial charge in [0.25, 0.3) is 5.91 Å². The second kappa shape index (κ2) is 6.93. The van der Waals surface area contributed by atoms with Crippen molar-refractivity contribution in [1.82, 2.24) is 15.0 Å². The molecule has 1 amide bonds. The number of hydrogen-bond donors (Lipinski definition) is 1. The molecule has 128 valence electrons. The highest BCUT2D eigenvalue weighted by atomic mass is 35.5. The number of aromatic nitrogens is 1. The fourth-order valence-corrected chi connectivity index (χ4v) is 2.89. The molecule has 2 heterocycles. The van der Waals surface area contributed by atoms with Crippen LogP contribution in [0.25, 0.3) is 11.3 Å². The third kappa shape index (κ3) is 3.31. The molecule has 0 aliphatic carbocycles. The molecule has 1 aliphatic rings. The number of hydrogen-bond acceptors (Lipinski definition) is 5. The molecule has 0 spiro atoms. The Morgan fingerprint density at radius 3 is 2.46 bits per heavy atom. The average Bonchev–Trinajstić information content (AvgIpc) is 3.01. The summed E-state index contributed by atoms with van der Waals surface area (Å²) >= 11 is 5.93. The van der Waals surface area contributed by atoms with E-state index >= 15 is 0 Å². The van der Waals surface area contributed by atoms with Gasteiger partial charge in [-0.15, -0.1) is 0 Å².